The second-order valence-corrected chi connectivity index (χ2v) is 6.66. The van der Waals surface area contributed by atoms with Crippen LogP contribution in [0.25, 0.3) is 0 Å². The average Bonchev–Trinajstić information content (AvgIpc) is 3.15. The number of Topliss-reactive ketones (excluding diaryl/α,β-unsaturated/α-hetero) is 1. The number of hydrogen-bond donors (Lipinski definition) is 0. The Morgan fingerprint density at radius 3 is 2.95 bits per heavy atom. The van der Waals surface area contributed by atoms with Crippen LogP contribution in [-0.4, -0.2) is 17.4 Å². The molecule has 0 bridgehead atoms. The standard InChI is InChI=1S/C17H19NO2S/c1-12-2-5-14(16(8-12)20-11-13-3-4-13)9-15(19)10-17-18-6-7-21-17/h2,5-8,13H,3-4,9-11H2,1H3. The third kappa shape index (κ3) is 4.14. The third-order valence-corrected chi connectivity index (χ3v) is 4.39. The number of rotatable bonds is 7. The number of ketones is 1. The molecule has 0 unspecified atom stereocenters. The van der Waals surface area contributed by atoms with Gasteiger partial charge in [-0.1, -0.05) is 12.1 Å². The molecular weight excluding hydrogens is 282 g/mol. The Hall–Kier alpha value is -1.68. The van der Waals surface area contributed by atoms with Crippen molar-refractivity contribution in [3.8, 4) is 5.75 Å². The molecular formula is C17H19NO2S. The maximum Gasteiger partial charge on any atom is 0.144 e. The maximum absolute atomic E-state index is 12.2. The minimum atomic E-state index is 0.185. The fourth-order valence-electron chi connectivity index (χ4n) is 2.22. The lowest BCUT2D eigenvalue weighted by Gasteiger charge is -2.11. The maximum atomic E-state index is 12.2. The first-order chi connectivity index (χ1) is 10.2. The Labute approximate surface area is 129 Å². The summed E-state index contributed by atoms with van der Waals surface area (Å²) >= 11 is 1.53. The van der Waals surface area contributed by atoms with E-state index in [1.54, 1.807) is 6.20 Å². The van der Waals surface area contributed by atoms with Gasteiger partial charge in [0.05, 0.1) is 18.0 Å². The quantitative estimate of drug-likeness (QED) is 0.784. The number of hydrogen-bond acceptors (Lipinski definition) is 4. The van der Waals surface area contributed by atoms with Gasteiger partial charge in [0, 0.05) is 23.6 Å². The van der Waals surface area contributed by atoms with Crippen LogP contribution in [0.3, 0.4) is 0 Å². The van der Waals surface area contributed by atoms with Crippen LogP contribution in [0, 0.1) is 12.8 Å². The van der Waals surface area contributed by atoms with Crippen molar-refractivity contribution in [1.29, 1.82) is 0 Å². The molecule has 1 saturated carbocycles. The van der Waals surface area contributed by atoms with E-state index in [9.17, 15) is 4.79 Å². The van der Waals surface area contributed by atoms with E-state index in [1.807, 2.05) is 30.5 Å². The molecule has 0 radical (unpaired) electrons. The minimum absolute atomic E-state index is 0.185. The summed E-state index contributed by atoms with van der Waals surface area (Å²) in [6.45, 7) is 2.82. The van der Waals surface area contributed by atoms with Crippen LogP contribution in [0.5, 0.6) is 5.75 Å². The molecule has 1 fully saturated rings. The number of benzene rings is 1. The van der Waals surface area contributed by atoms with Crippen LogP contribution in [-0.2, 0) is 17.6 Å². The molecule has 3 nitrogen and oxygen atoms in total. The highest BCUT2D eigenvalue weighted by Crippen LogP contribution is 2.31. The summed E-state index contributed by atoms with van der Waals surface area (Å²) in [5.41, 5.74) is 2.15. The first-order valence-electron chi connectivity index (χ1n) is 7.33. The van der Waals surface area contributed by atoms with Crippen molar-refractivity contribution in [2.75, 3.05) is 6.61 Å². The molecule has 1 aromatic heterocycles. The van der Waals surface area contributed by atoms with E-state index in [2.05, 4.69) is 4.98 Å². The van der Waals surface area contributed by atoms with Crippen LogP contribution < -0.4 is 4.74 Å². The Bertz CT molecular complexity index is 618. The van der Waals surface area contributed by atoms with Gasteiger partial charge in [-0.2, -0.15) is 0 Å². The van der Waals surface area contributed by atoms with Gasteiger partial charge in [0.1, 0.15) is 11.5 Å². The van der Waals surface area contributed by atoms with Crippen molar-refractivity contribution < 1.29 is 9.53 Å². The van der Waals surface area contributed by atoms with Gasteiger partial charge >= 0.3 is 0 Å². The predicted molar refractivity (Wildman–Crippen MR) is 83.9 cm³/mol. The van der Waals surface area contributed by atoms with Crippen LogP contribution in [0.1, 0.15) is 29.0 Å². The van der Waals surface area contributed by atoms with Crippen molar-refractivity contribution in [1.82, 2.24) is 4.98 Å². The van der Waals surface area contributed by atoms with Gasteiger partial charge in [0.15, 0.2) is 0 Å². The van der Waals surface area contributed by atoms with E-state index in [1.165, 1.54) is 24.2 Å². The topological polar surface area (TPSA) is 39.2 Å². The number of aryl methyl sites for hydroxylation is 1. The van der Waals surface area contributed by atoms with Gasteiger partial charge < -0.3 is 4.74 Å². The molecule has 0 spiro atoms. The average molecular weight is 301 g/mol. The number of carbonyl (C=O) groups is 1. The first kappa shape index (κ1) is 14.3. The number of aromatic nitrogens is 1. The fraction of sp³-hybridized carbons (Fsp3) is 0.412. The zero-order valence-electron chi connectivity index (χ0n) is 12.2. The van der Waals surface area contributed by atoms with Gasteiger partial charge in [-0.3, -0.25) is 4.79 Å². The highest BCUT2D eigenvalue weighted by atomic mass is 32.1. The summed E-state index contributed by atoms with van der Waals surface area (Å²) in [5, 5.41) is 2.78. The Kier molecular flexibility index (Phi) is 4.34. The molecule has 0 amide bonds. The zero-order chi connectivity index (χ0) is 14.7. The second-order valence-electron chi connectivity index (χ2n) is 5.68. The number of nitrogens with zero attached hydrogens (tertiary/aromatic N) is 1. The predicted octanol–water partition coefficient (Wildman–Crippen LogP) is 3.59. The summed E-state index contributed by atoms with van der Waals surface area (Å²) < 4.78 is 5.91. The Morgan fingerprint density at radius 2 is 2.24 bits per heavy atom. The minimum Gasteiger partial charge on any atom is -0.493 e. The highest BCUT2D eigenvalue weighted by Gasteiger charge is 2.22. The smallest absolute Gasteiger partial charge is 0.144 e. The second kappa shape index (κ2) is 6.39. The summed E-state index contributed by atoms with van der Waals surface area (Å²) in [5.74, 6) is 1.77. The van der Waals surface area contributed by atoms with E-state index < -0.39 is 0 Å². The lowest BCUT2D eigenvalue weighted by Crippen LogP contribution is -2.09. The van der Waals surface area contributed by atoms with E-state index in [-0.39, 0.29) is 5.78 Å². The largest absolute Gasteiger partial charge is 0.493 e. The molecule has 0 N–H and O–H groups in total. The number of thiazole rings is 1. The van der Waals surface area contributed by atoms with Gasteiger partial charge in [-0.25, -0.2) is 4.98 Å². The molecule has 0 atom stereocenters. The van der Waals surface area contributed by atoms with Gasteiger partial charge in [-0.05, 0) is 37.3 Å². The van der Waals surface area contributed by atoms with Crippen molar-refractivity contribution in [3.05, 3.63) is 45.9 Å². The molecule has 110 valence electrons. The molecule has 4 heteroatoms. The summed E-state index contributed by atoms with van der Waals surface area (Å²) in [7, 11) is 0. The van der Waals surface area contributed by atoms with Gasteiger partial charge in [0.2, 0.25) is 0 Å². The van der Waals surface area contributed by atoms with Crippen molar-refractivity contribution in [3.63, 3.8) is 0 Å². The van der Waals surface area contributed by atoms with Crippen LogP contribution in [0.4, 0.5) is 0 Å². The molecule has 1 aromatic carbocycles. The zero-order valence-corrected chi connectivity index (χ0v) is 13.0. The molecule has 1 aliphatic carbocycles. The Morgan fingerprint density at radius 1 is 1.38 bits per heavy atom. The highest BCUT2D eigenvalue weighted by molar-refractivity contribution is 7.09. The van der Waals surface area contributed by atoms with E-state index in [0.717, 1.165) is 28.5 Å². The number of carbonyl (C=O) groups excluding carboxylic acids is 1. The Balaban J connectivity index is 1.66. The SMILES string of the molecule is Cc1ccc(CC(=O)Cc2nccs2)c(OCC2CC2)c1. The summed E-state index contributed by atoms with van der Waals surface area (Å²) in [6, 6.07) is 6.09. The lowest BCUT2D eigenvalue weighted by atomic mass is 10.0. The normalized spacial score (nSPS) is 14.1. The summed E-state index contributed by atoms with van der Waals surface area (Å²) in [4.78, 5) is 16.3. The third-order valence-electron chi connectivity index (χ3n) is 3.61. The molecule has 0 saturated heterocycles. The monoisotopic (exact) mass is 301 g/mol. The van der Waals surface area contributed by atoms with Crippen LogP contribution >= 0.6 is 11.3 Å². The van der Waals surface area contributed by atoms with Crippen LogP contribution in [0.15, 0.2) is 29.8 Å². The molecule has 0 aliphatic heterocycles. The molecule has 3 rings (SSSR count). The van der Waals surface area contributed by atoms with E-state index in [4.69, 9.17) is 4.74 Å². The lowest BCUT2D eigenvalue weighted by molar-refractivity contribution is -0.117. The van der Waals surface area contributed by atoms with Crippen molar-refractivity contribution in [2.45, 2.75) is 32.6 Å². The van der Waals surface area contributed by atoms with E-state index >= 15 is 0 Å². The van der Waals surface area contributed by atoms with Gasteiger partial charge in [0.25, 0.3) is 0 Å². The summed E-state index contributed by atoms with van der Waals surface area (Å²) in [6.07, 6.45) is 5.10. The molecule has 1 heterocycles. The van der Waals surface area contributed by atoms with Crippen molar-refractivity contribution in [2.24, 2.45) is 5.92 Å². The molecule has 21 heavy (non-hydrogen) atoms. The van der Waals surface area contributed by atoms with Gasteiger partial charge in [-0.15, -0.1) is 11.3 Å². The fourth-order valence-corrected chi connectivity index (χ4v) is 2.86. The van der Waals surface area contributed by atoms with Crippen molar-refractivity contribution >= 4 is 17.1 Å². The molecule has 1 aliphatic rings. The number of ether oxygens (including phenoxy) is 1. The van der Waals surface area contributed by atoms with Crippen LogP contribution in [0.2, 0.25) is 0 Å². The first-order valence-corrected chi connectivity index (χ1v) is 8.21. The molecule has 2 aromatic rings. The van der Waals surface area contributed by atoms with E-state index in [0.29, 0.717) is 18.8 Å².